The maximum Gasteiger partial charge on any atom is 0.340 e. The highest BCUT2D eigenvalue weighted by atomic mass is 35.5. The molecule has 0 aliphatic heterocycles. The van der Waals surface area contributed by atoms with Crippen LogP contribution in [0.1, 0.15) is 28.5 Å². The van der Waals surface area contributed by atoms with Gasteiger partial charge in [0.1, 0.15) is 18.1 Å². The number of carbonyl (C=O) groups excluding carboxylic acids is 1. The van der Waals surface area contributed by atoms with Crippen molar-refractivity contribution < 1.29 is 19.0 Å². The van der Waals surface area contributed by atoms with Gasteiger partial charge >= 0.3 is 5.97 Å². The van der Waals surface area contributed by atoms with Gasteiger partial charge in [-0.3, -0.25) is 0 Å². The normalized spacial score (nSPS) is 10.9. The first-order valence-electron chi connectivity index (χ1n) is 10.5. The highest BCUT2D eigenvalue weighted by Crippen LogP contribution is 2.33. The molecule has 0 aliphatic carbocycles. The van der Waals surface area contributed by atoms with Gasteiger partial charge in [-0.1, -0.05) is 29.3 Å². The Morgan fingerprint density at radius 1 is 0.939 bits per heavy atom. The molecule has 0 spiro atoms. The second kappa shape index (κ2) is 9.77. The van der Waals surface area contributed by atoms with Crippen molar-refractivity contribution in [1.29, 1.82) is 0 Å². The first-order chi connectivity index (χ1) is 15.9. The number of hydrogen-bond acceptors (Lipinski definition) is 4. The fourth-order valence-corrected chi connectivity index (χ4v) is 4.13. The molecular formula is C26H23Cl2NO4. The number of fused-ring (bicyclic) bond motifs is 1. The SMILES string of the molecule is CCOC(=O)c1c(C)n(-c2ccc(OC)cc2)c2ccc(OCc3ccc(Cl)c(Cl)c3)cc12. The van der Waals surface area contributed by atoms with Crippen molar-refractivity contribution in [2.45, 2.75) is 20.5 Å². The molecule has 0 atom stereocenters. The van der Waals surface area contributed by atoms with E-state index in [9.17, 15) is 4.79 Å². The number of esters is 1. The molecule has 0 fully saturated rings. The molecule has 0 saturated carbocycles. The van der Waals surface area contributed by atoms with Crippen LogP contribution >= 0.6 is 23.2 Å². The van der Waals surface area contributed by atoms with Crippen molar-refractivity contribution >= 4 is 40.1 Å². The predicted octanol–water partition coefficient (Wildman–Crippen LogP) is 7.01. The van der Waals surface area contributed by atoms with Gasteiger partial charge in [-0.25, -0.2) is 4.79 Å². The van der Waals surface area contributed by atoms with Crippen LogP contribution in [0.4, 0.5) is 0 Å². The topological polar surface area (TPSA) is 49.7 Å². The third kappa shape index (κ3) is 4.65. The van der Waals surface area contributed by atoms with Gasteiger partial charge in [0, 0.05) is 16.8 Å². The fraction of sp³-hybridized carbons (Fsp3) is 0.192. The van der Waals surface area contributed by atoms with Gasteiger partial charge in [0.2, 0.25) is 0 Å². The Labute approximate surface area is 202 Å². The molecule has 33 heavy (non-hydrogen) atoms. The van der Waals surface area contributed by atoms with Crippen LogP contribution in [0.25, 0.3) is 16.6 Å². The monoisotopic (exact) mass is 483 g/mol. The van der Waals surface area contributed by atoms with Gasteiger partial charge < -0.3 is 18.8 Å². The van der Waals surface area contributed by atoms with Crippen LogP contribution in [0.15, 0.2) is 60.7 Å². The lowest BCUT2D eigenvalue weighted by molar-refractivity contribution is 0.0527. The summed E-state index contributed by atoms with van der Waals surface area (Å²) in [5.41, 5.74) is 3.99. The second-order valence-electron chi connectivity index (χ2n) is 7.43. The lowest BCUT2D eigenvalue weighted by Gasteiger charge is -2.10. The van der Waals surface area contributed by atoms with E-state index in [0.717, 1.165) is 33.6 Å². The number of benzene rings is 3. The van der Waals surface area contributed by atoms with Crippen molar-refractivity contribution in [2.24, 2.45) is 0 Å². The highest BCUT2D eigenvalue weighted by Gasteiger charge is 2.22. The van der Waals surface area contributed by atoms with Crippen LogP contribution in [0, 0.1) is 6.92 Å². The Morgan fingerprint density at radius 3 is 2.33 bits per heavy atom. The van der Waals surface area contributed by atoms with Gasteiger partial charge in [0.05, 0.1) is 34.8 Å². The van der Waals surface area contributed by atoms with Crippen LogP contribution < -0.4 is 9.47 Å². The zero-order chi connectivity index (χ0) is 23.5. The van der Waals surface area contributed by atoms with Crippen LogP contribution in [0.2, 0.25) is 10.0 Å². The highest BCUT2D eigenvalue weighted by molar-refractivity contribution is 6.42. The number of halogens is 2. The van der Waals surface area contributed by atoms with Gasteiger partial charge in [0.15, 0.2) is 0 Å². The summed E-state index contributed by atoms with van der Waals surface area (Å²) in [6, 6.07) is 18.8. The summed E-state index contributed by atoms with van der Waals surface area (Å²) in [5.74, 6) is 1.02. The molecule has 0 radical (unpaired) electrons. The summed E-state index contributed by atoms with van der Waals surface area (Å²) >= 11 is 12.1. The Balaban J connectivity index is 1.75. The summed E-state index contributed by atoms with van der Waals surface area (Å²) in [4.78, 5) is 12.9. The molecule has 0 unspecified atom stereocenters. The van der Waals surface area contributed by atoms with E-state index in [0.29, 0.717) is 34.6 Å². The minimum absolute atomic E-state index is 0.293. The number of nitrogens with zero attached hydrogens (tertiary/aromatic N) is 1. The van der Waals surface area contributed by atoms with Crippen LogP contribution in [0.3, 0.4) is 0 Å². The average molecular weight is 484 g/mol. The van der Waals surface area contributed by atoms with Crippen LogP contribution in [0.5, 0.6) is 11.5 Å². The summed E-state index contributed by atoms with van der Waals surface area (Å²) < 4.78 is 18.7. The molecular weight excluding hydrogens is 461 g/mol. The fourth-order valence-electron chi connectivity index (χ4n) is 3.81. The van der Waals surface area contributed by atoms with E-state index in [1.165, 1.54) is 0 Å². The summed E-state index contributed by atoms with van der Waals surface area (Å²) in [6.45, 7) is 4.31. The second-order valence-corrected chi connectivity index (χ2v) is 8.24. The molecule has 4 aromatic rings. The molecule has 5 nitrogen and oxygen atoms in total. The third-order valence-electron chi connectivity index (χ3n) is 5.38. The Bertz CT molecular complexity index is 1310. The Kier molecular flexibility index (Phi) is 6.82. The van der Waals surface area contributed by atoms with Gasteiger partial charge in [-0.15, -0.1) is 0 Å². The van der Waals surface area contributed by atoms with Crippen LogP contribution in [-0.2, 0) is 11.3 Å². The number of methoxy groups -OCH3 is 1. The lowest BCUT2D eigenvalue weighted by atomic mass is 10.1. The Hall–Kier alpha value is -3.15. The van der Waals surface area contributed by atoms with E-state index >= 15 is 0 Å². The summed E-state index contributed by atoms with van der Waals surface area (Å²) in [5, 5.41) is 1.73. The van der Waals surface area contributed by atoms with Crippen molar-refractivity contribution in [3.63, 3.8) is 0 Å². The maximum absolute atomic E-state index is 12.9. The van der Waals surface area contributed by atoms with Crippen molar-refractivity contribution in [1.82, 2.24) is 4.57 Å². The van der Waals surface area contributed by atoms with E-state index in [1.807, 2.05) is 60.0 Å². The van der Waals surface area contributed by atoms with Crippen molar-refractivity contribution in [2.75, 3.05) is 13.7 Å². The number of aromatic nitrogens is 1. The van der Waals surface area contributed by atoms with Gasteiger partial charge in [-0.2, -0.15) is 0 Å². The molecule has 0 bridgehead atoms. The van der Waals surface area contributed by atoms with Crippen LogP contribution in [-0.4, -0.2) is 24.3 Å². The first kappa shape index (κ1) is 23.0. The Morgan fingerprint density at radius 2 is 1.67 bits per heavy atom. The smallest absolute Gasteiger partial charge is 0.340 e. The third-order valence-corrected chi connectivity index (χ3v) is 6.11. The molecule has 1 aromatic heterocycles. The standard InChI is InChI=1S/C26H23Cl2NO4/c1-4-32-26(30)25-16(2)29(18-6-8-19(31-3)9-7-18)24-12-10-20(14-21(24)25)33-15-17-5-11-22(27)23(28)13-17/h5-14H,4,15H2,1-3H3. The molecule has 4 rings (SSSR count). The lowest BCUT2D eigenvalue weighted by Crippen LogP contribution is -2.07. The molecule has 7 heteroatoms. The van der Waals surface area contributed by atoms with Crippen molar-refractivity contribution in [3.8, 4) is 17.2 Å². The molecule has 0 N–H and O–H groups in total. The number of ether oxygens (including phenoxy) is 3. The predicted molar refractivity (Wildman–Crippen MR) is 131 cm³/mol. The molecule has 170 valence electrons. The molecule has 1 heterocycles. The van der Waals surface area contributed by atoms with Gasteiger partial charge in [0.25, 0.3) is 0 Å². The minimum atomic E-state index is -0.367. The van der Waals surface area contributed by atoms with E-state index in [-0.39, 0.29) is 5.97 Å². The largest absolute Gasteiger partial charge is 0.497 e. The molecule has 3 aromatic carbocycles. The summed E-state index contributed by atoms with van der Waals surface area (Å²) in [6.07, 6.45) is 0. The van der Waals surface area contributed by atoms with E-state index in [4.69, 9.17) is 37.4 Å². The van der Waals surface area contributed by atoms with E-state index < -0.39 is 0 Å². The zero-order valence-corrected chi connectivity index (χ0v) is 20.0. The average Bonchev–Trinajstić information content (AvgIpc) is 3.11. The summed E-state index contributed by atoms with van der Waals surface area (Å²) in [7, 11) is 1.63. The molecule has 0 amide bonds. The molecule has 0 aliphatic rings. The van der Waals surface area contributed by atoms with E-state index in [1.54, 1.807) is 26.2 Å². The number of carbonyl (C=O) groups is 1. The first-order valence-corrected chi connectivity index (χ1v) is 11.2. The van der Waals surface area contributed by atoms with Gasteiger partial charge in [-0.05, 0) is 74.0 Å². The number of rotatable bonds is 7. The van der Waals surface area contributed by atoms with Crippen molar-refractivity contribution in [3.05, 3.63) is 87.5 Å². The molecule has 0 saturated heterocycles. The number of hydrogen-bond donors (Lipinski definition) is 0. The zero-order valence-electron chi connectivity index (χ0n) is 18.5. The maximum atomic E-state index is 12.9. The minimum Gasteiger partial charge on any atom is -0.497 e. The van der Waals surface area contributed by atoms with E-state index in [2.05, 4.69) is 0 Å². The quantitative estimate of drug-likeness (QED) is 0.265.